The summed E-state index contributed by atoms with van der Waals surface area (Å²) < 4.78 is 36.3. The van der Waals surface area contributed by atoms with Gasteiger partial charge in [-0.05, 0) is 19.1 Å². The fourth-order valence-electron chi connectivity index (χ4n) is 2.30. The quantitative estimate of drug-likeness (QED) is 0.778. The average molecular weight is 340 g/mol. The van der Waals surface area contributed by atoms with Gasteiger partial charge in [0.1, 0.15) is 19.3 Å². The van der Waals surface area contributed by atoms with Gasteiger partial charge in [0.05, 0.1) is 11.9 Å². The Labute approximate surface area is 135 Å². The van der Waals surface area contributed by atoms with E-state index in [0.717, 1.165) is 10.6 Å². The van der Waals surface area contributed by atoms with E-state index in [0.29, 0.717) is 30.4 Å². The summed E-state index contributed by atoms with van der Waals surface area (Å²) in [6.07, 6.45) is 2.58. The van der Waals surface area contributed by atoms with Gasteiger partial charge in [-0.1, -0.05) is 6.08 Å². The third-order valence-electron chi connectivity index (χ3n) is 3.29. The molecule has 1 atom stereocenters. The normalized spacial score (nSPS) is 14.7. The maximum atomic E-state index is 12.2. The Hall–Kier alpha value is -2.22. The molecule has 0 radical (unpaired) electrons. The first-order chi connectivity index (χ1) is 10.8. The van der Waals surface area contributed by atoms with Crippen LogP contribution < -0.4 is 19.1 Å². The molecular formula is C15H20N2O5S. The van der Waals surface area contributed by atoms with Crippen LogP contribution >= 0.6 is 0 Å². The average Bonchev–Trinajstić information content (AvgIpc) is 2.51. The zero-order valence-electron chi connectivity index (χ0n) is 13.1. The van der Waals surface area contributed by atoms with E-state index >= 15 is 0 Å². The third kappa shape index (κ3) is 3.95. The number of amides is 1. The molecule has 1 amide bonds. The molecule has 0 unspecified atom stereocenters. The van der Waals surface area contributed by atoms with E-state index in [-0.39, 0.29) is 6.54 Å². The molecular weight excluding hydrogens is 320 g/mol. The number of hydrogen-bond donors (Lipinski definition) is 1. The molecule has 1 aromatic carbocycles. The summed E-state index contributed by atoms with van der Waals surface area (Å²) >= 11 is 0. The van der Waals surface area contributed by atoms with Crippen LogP contribution in [0.2, 0.25) is 0 Å². The summed E-state index contributed by atoms with van der Waals surface area (Å²) in [7, 11) is -3.66. The molecule has 2 rings (SSSR count). The van der Waals surface area contributed by atoms with E-state index in [1.807, 2.05) is 0 Å². The highest BCUT2D eigenvalue weighted by atomic mass is 32.2. The minimum atomic E-state index is -3.66. The number of ether oxygens (including phenoxy) is 2. The second kappa shape index (κ2) is 6.91. The van der Waals surface area contributed by atoms with Crippen LogP contribution in [0.4, 0.5) is 5.69 Å². The Bertz CT molecular complexity index is 702. The Morgan fingerprint density at radius 1 is 1.39 bits per heavy atom. The van der Waals surface area contributed by atoms with E-state index in [2.05, 4.69) is 11.9 Å². The number of hydrogen-bond acceptors (Lipinski definition) is 5. The highest BCUT2D eigenvalue weighted by Crippen LogP contribution is 2.35. The molecule has 1 aromatic rings. The topological polar surface area (TPSA) is 84.9 Å². The first kappa shape index (κ1) is 17.1. The number of benzene rings is 1. The van der Waals surface area contributed by atoms with Gasteiger partial charge in [0, 0.05) is 12.6 Å². The number of rotatable bonds is 6. The summed E-state index contributed by atoms with van der Waals surface area (Å²) in [5, 5.41) is 2.60. The number of sulfonamides is 1. The number of nitrogens with one attached hydrogen (secondary N) is 1. The summed E-state index contributed by atoms with van der Waals surface area (Å²) in [6, 6.07) is 3.88. The standard InChI is InChI=1S/C15H20N2O5S/c1-4-7-16-15(18)11(2)17(23(3,19)20)12-5-6-13-14(10-12)22-9-8-21-13/h4-6,10-11H,1,7-9H2,2-3H3,(H,16,18)/t11-/m0/s1. The van der Waals surface area contributed by atoms with Crippen molar-refractivity contribution in [3.05, 3.63) is 30.9 Å². The van der Waals surface area contributed by atoms with Crippen LogP contribution in [0, 0.1) is 0 Å². The molecule has 0 aliphatic carbocycles. The third-order valence-corrected chi connectivity index (χ3v) is 4.53. The van der Waals surface area contributed by atoms with Crippen molar-refractivity contribution in [3.63, 3.8) is 0 Å². The largest absolute Gasteiger partial charge is 0.486 e. The molecule has 23 heavy (non-hydrogen) atoms. The molecule has 126 valence electrons. The second-order valence-electron chi connectivity index (χ2n) is 5.10. The van der Waals surface area contributed by atoms with Gasteiger partial charge in [-0.2, -0.15) is 0 Å². The Morgan fingerprint density at radius 3 is 2.65 bits per heavy atom. The summed E-state index contributed by atoms with van der Waals surface area (Å²) in [5.41, 5.74) is 0.345. The summed E-state index contributed by atoms with van der Waals surface area (Å²) in [6.45, 7) is 6.15. The van der Waals surface area contributed by atoms with Crippen LogP contribution in [-0.4, -0.2) is 46.4 Å². The Morgan fingerprint density at radius 2 is 2.04 bits per heavy atom. The molecule has 0 saturated heterocycles. The number of anilines is 1. The monoisotopic (exact) mass is 340 g/mol. The van der Waals surface area contributed by atoms with Gasteiger partial charge in [-0.25, -0.2) is 8.42 Å². The second-order valence-corrected chi connectivity index (χ2v) is 6.96. The molecule has 0 spiro atoms. The van der Waals surface area contributed by atoms with Gasteiger partial charge in [0.25, 0.3) is 0 Å². The Kier molecular flexibility index (Phi) is 5.15. The minimum Gasteiger partial charge on any atom is -0.486 e. The summed E-state index contributed by atoms with van der Waals surface area (Å²) in [5.74, 6) is 0.600. The van der Waals surface area contributed by atoms with Gasteiger partial charge in [-0.3, -0.25) is 9.10 Å². The van der Waals surface area contributed by atoms with Crippen molar-refractivity contribution >= 4 is 21.6 Å². The lowest BCUT2D eigenvalue weighted by atomic mass is 10.2. The van der Waals surface area contributed by atoms with Crippen LogP contribution in [0.25, 0.3) is 0 Å². The van der Waals surface area contributed by atoms with Crippen LogP contribution in [0.1, 0.15) is 6.92 Å². The number of carbonyl (C=O) groups is 1. The van der Waals surface area contributed by atoms with Crippen LogP contribution in [-0.2, 0) is 14.8 Å². The highest BCUT2D eigenvalue weighted by molar-refractivity contribution is 7.92. The highest BCUT2D eigenvalue weighted by Gasteiger charge is 2.29. The lowest BCUT2D eigenvalue weighted by Crippen LogP contribution is -2.47. The first-order valence-electron chi connectivity index (χ1n) is 7.12. The number of carbonyl (C=O) groups excluding carboxylic acids is 1. The van der Waals surface area contributed by atoms with E-state index in [9.17, 15) is 13.2 Å². The van der Waals surface area contributed by atoms with Crippen molar-refractivity contribution in [2.45, 2.75) is 13.0 Å². The van der Waals surface area contributed by atoms with Crippen LogP contribution in [0.5, 0.6) is 11.5 Å². The molecule has 1 N–H and O–H groups in total. The van der Waals surface area contributed by atoms with Crippen molar-refractivity contribution in [1.29, 1.82) is 0 Å². The van der Waals surface area contributed by atoms with Gasteiger partial charge < -0.3 is 14.8 Å². The van der Waals surface area contributed by atoms with Crippen molar-refractivity contribution in [2.24, 2.45) is 0 Å². The summed E-state index contributed by atoms with van der Waals surface area (Å²) in [4.78, 5) is 12.1. The molecule has 1 heterocycles. The lowest BCUT2D eigenvalue weighted by molar-refractivity contribution is -0.121. The molecule has 0 fully saturated rings. The first-order valence-corrected chi connectivity index (χ1v) is 8.97. The fraction of sp³-hybridized carbons (Fsp3) is 0.400. The molecule has 0 saturated carbocycles. The SMILES string of the molecule is C=CCNC(=O)[C@H](C)N(c1ccc2c(c1)OCCO2)S(C)(=O)=O. The maximum Gasteiger partial charge on any atom is 0.243 e. The van der Waals surface area contributed by atoms with Gasteiger partial charge in [-0.15, -0.1) is 6.58 Å². The van der Waals surface area contributed by atoms with E-state index in [4.69, 9.17) is 9.47 Å². The van der Waals surface area contributed by atoms with Crippen LogP contribution in [0.15, 0.2) is 30.9 Å². The van der Waals surface area contributed by atoms with Gasteiger partial charge >= 0.3 is 0 Å². The van der Waals surface area contributed by atoms with Crippen LogP contribution in [0.3, 0.4) is 0 Å². The van der Waals surface area contributed by atoms with Crippen molar-refractivity contribution in [2.75, 3.05) is 30.3 Å². The number of nitrogens with zero attached hydrogens (tertiary/aromatic N) is 1. The fourth-order valence-corrected chi connectivity index (χ4v) is 3.47. The van der Waals surface area contributed by atoms with E-state index < -0.39 is 22.0 Å². The van der Waals surface area contributed by atoms with E-state index in [1.54, 1.807) is 18.2 Å². The van der Waals surface area contributed by atoms with E-state index in [1.165, 1.54) is 13.0 Å². The molecule has 1 aliphatic heterocycles. The maximum absolute atomic E-state index is 12.2. The Balaban J connectivity index is 2.36. The smallest absolute Gasteiger partial charge is 0.243 e. The molecule has 7 nitrogen and oxygen atoms in total. The molecule has 1 aliphatic rings. The lowest BCUT2D eigenvalue weighted by Gasteiger charge is -2.29. The van der Waals surface area contributed by atoms with Crippen molar-refractivity contribution in [3.8, 4) is 11.5 Å². The van der Waals surface area contributed by atoms with Crippen molar-refractivity contribution < 1.29 is 22.7 Å². The van der Waals surface area contributed by atoms with Gasteiger partial charge in [0.15, 0.2) is 11.5 Å². The predicted molar refractivity (Wildman–Crippen MR) is 87.4 cm³/mol. The minimum absolute atomic E-state index is 0.266. The number of fused-ring (bicyclic) bond motifs is 1. The zero-order valence-corrected chi connectivity index (χ0v) is 13.9. The zero-order chi connectivity index (χ0) is 17.0. The molecule has 0 bridgehead atoms. The molecule has 8 heteroatoms. The van der Waals surface area contributed by atoms with Gasteiger partial charge in [0.2, 0.25) is 15.9 Å². The predicted octanol–water partition coefficient (Wildman–Crippen LogP) is 0.915. The molecule has 0 aromatic heterocycles. The van der Waals surface area contributed by atoms with Crippen molar-refractivity contribution in [1.82, 2.24) is 5.32 Å².